The summed E-state index contributed by atoms with van der Waals surface area (Å²) in [6.07, 6.45) is 35.5. The minimum Gasteiger partial charge on any atom is -0.497 e. The summed E-state index contributed by atoms with van der Waals surface area (Å²) in [5.41, 5.74) is 20.6. The molecule has 15 aromatic rings. The van der Waals surface area contributed by atoms with E-state index >= 15 is 0 Å². The largest absolute Gasteiger partial charge is 0.497 e. The maximum absolute atomic E-state index is 6.09. The van der Waals surface area contributed by atoms with E-state index < -0.39 is 0 Å². The lowest BCUT2D eigenvalue weighted by Gasteiger charge is -2.18. The Hall–Kier alpha value is -11.3. The van der Waals surface area contributed by atoms with E-state index in [2.05, 4.69) is 320 Å². The van der Waals surface area contributed by atoms with Crippen LogP contribution in [0.25, 0.3) is 0 Å². The summed E-state index contributed by atoms with van der Waals surface area (Å²) in [7, 11) is 8.54. The van der Waals surface area contributed by atoms with Gasteiger partial charge in [0.1, 0.15) is 28.7 Å². The van der Waals surface area contributed by atoms with E-state index in [1.54, 1.807) is 35.5 Å². The molecule has 0 radical (unpaired) electrons. The molecule has 0 aliphatic carbocycles. The topological polar surface area (TPSA) is 70.2 Å². The lowest BCUT2D eigenvalue weighted by atomic mass is 9.87. The third-order valence-electron chi connectivity index (χ3n) is 27.4. The molecule has 0 spiro atoms. The van der Waals surface area contributed by atoms with Crippen LogP contribution in [0.4, 0.5) is 0 Å². The minimum absolute atomic E-state index is 0.412. The van der Waals surface area contributed by atoms with E-state index in [9.17, 15) is 0 Å². The summed E-state index contributed by atoms with van der Waals surface area (Å²) in [6, 6.07) is 138. The summed E-state index contributed by atoms with van der Waals surface area (Å²) in [4.78, 5) is 0. The highest BCUT2D eigenvalue weighted by molar-refractivity contribution is 6.31. The van der Waals surface area contributed by atoms with Gasteiger partial charge in [-0.3, -0.25) is 0 Å². The lowest BCUT2D eigenvalue weighted by molar-refractivity contribution is 0.414. The van der Waals surface area contributed by atoms with Crippen molar-refractivity contribution in [2.75, 3.05) is 55.2 Å². The van der Waals surface area contributed by atoms with Crippen LogP contribution >= 0.6 is 58.0 Å². The number of methoxy groups -OCH3 is 5. The zero-order chi connectivity index (χ0) is 102. The first kappa shape index (κ1) is 114. The van der Waals surface area contributed by atoms with Crippen LogP contribution in [0.3, 0.4) is 0 Å². The first-order chi connectivity index (χ1) is 71.3. The molecule has 15 rings (SSSR count). The quantitative estimate of drug-likeness (QED) is 0.0368. The number of unbranched alkanes of at least 4 members (excludes halogenated alkanes) is 14. The fourth-order valence-electron chi connectivity index (χ4n) is 19.0. The van der Waals surface area contributed by atoms with Crippen LogP contribution in [0.15, 0.2) is 394 Å². The second-order valence-corrected chi connectivity index (χ2v) is 39.9. The van der Waals surface area contributed by atoms with Gasteiger partial charge in [-0.15, -0.1) is 0 Å². The van der Waals surface area contributed by atoms with Crippen molar-refractivity contribution < 1.29 is 23.7 Å². The Morgan fingerprint density at radius 2 is 0.345 bits per heavy atom. The number of aryl methyl sites for hydroxylation is 4. The highest BCUT2D eigenvalue weighted by atomic mass is 35.5. The van der Waals surface area contributed by atoms with Crippen LogP contribution in [0.1, 0.15) is 274 Å². The van der Waals surface area contributed by atoms with Crippen molar-refractivity contribution in [2.45, 2.75) is 222 Å². The molecule has 0 heterocycles. The molecule has 0 aromatic heterocycles. The zero-order valence-corrected chi connectivity index (χ0v) is 90.0. The third kappa shape index (κ3) is 43.3. The number of hydrogen-bond acceptors (Lipinski definition) is 7. The summed E-state index contributed by atoms with van der Waals surface area (Å²) >= 11 is 30.4. The third-order valence-corrected chi connectivity index (χ3v) is 28.6. The smallest absolute Gasteiger partial charge is 0.118 e. The molecule has 0 amide bonds. The number of nitrogens with one attached hydrogen (secondary N) is 2. The van der Waals surface area contributed by atoms with E-state index in [0.29, 0.717) is 29.6 Å². The average Bonchev–Trinajstić information content (AvgIpc) is 0.856. The Morgan fingerprint density at radius 1 is 0.166 bits per heavy atom. The van der Waals surface area contributed by atoms with E-state index in [1.165, 1.54) is 218 Å². The van der Waals surface area contributed by atoms with Gasteiger partial charge in [0.25, 0.3) is 0 Å². The molecule has 5 unspecified atom stereocenters. The molecular weight excluding hydrogens is 1880 g/mol. The van der Waals surface area contributed by atoms with E-state index in [4.69, 9.17) is 81.7 Å². The van der Waals surface area contributed by atoms with Crippen LogP contribution in [-0.2, 0) is 32.2 Å². The maximum Gasteiger partial charge on any atom is 0.118 e. The van der Waals surface area contributed by atoms with Gasteiger partial charge >= 0.3 is 0 Å². The first-order valence-corrected chi connectivity index (χ1v) is 54.8. The van der Waals surface area contributed by atoms with Crippen LogP contribution in [0.5, 0.6) is 28.7 Å². The van der Waals surface area contributed by atoms with Crippen LogP contribution in [0, 0.1) is 0 Å². The molecule has 7 nitrogen and oxygen atoms in total. The molecule has 0 saturated carbocycles. The van der Waals surface area contributed by atoms with Gasteiger partial charge in [0.2, 0.25) is 0 Å². The highest BCUT2D eigenvalue weighted by Gasteiger charge is 2.20. The van der Waals surface area contributed by atoms with E-state index in [1.807, 2.05) is 84.9 Å². The van der Waals surface area contributed by atoms with Gasteiger partial charge in [-0.1, -0.05) is 421 Å². The van der Waals surface area contributed by atoms with Gasteiger partial charge in [0, 0.05) is 61.2 Å². The number of hydrogen-bond donors (Lipinski definition) is 2. The van der Waals surface area contributed by atoms with Crippen molar-refractivity contribution >= 4 is 58.0 Å². The summed E-state index contributed by atoms with van der Waals surface area (Å²) < 4.78 is 26.1. The van der Waals surface area contributed by atoms with E-state index in [0.717, 1.165) is 131 Å². The molecule has 12 heteroatoms. The van der Waals surface area contributed by atoms with Crippen molar-refractivity contribution in [1.82, 2.24) is 10.6 Å². The van der Waals surface area contributed by atoms with Crippen LogP contribution in [-0.4, -0.2) is 55.2 Å². The number of rotatable bonds is 55. The second kappa shape index (κ2) is 68.2. The standard InChI is InChI=1S/3C27H31ClO.2C26H30ClNO/c3*1-29-26-20-14-22(15-21-26)10-6-3-2-4-9-13-27(23-11-7-5-8-12-23)24-16-18-25(28)19-17-24;1-29-25-17-11-21(12-18-25)20-28-19-7-3-6-10-26(22-8-4-2-5-9-22)23-13-15-24(27)16-14-23;1-29-25-17-11-21(12-18-25)7-5-19-28-20-6-10-26(22-8-3-2-4-9-22)23-13-15-24(27)16-14-23/h3*5,7-8,11-12,14-21,27H,2-4,6,9-10,13H2,1H3;2,4-5,8-9,11-18,26,28H,3,6-7,10,19-20H2,1H3;2-4,8-9,11-18,26,28H,5-7,10,19-20H2,1H3. The van der Waals surface area contributed by atoms with Crippen molar-refractivity contribution in [3.63, 3.8) is 0 Å². The lowest BCUT2D eigenvalue weighted by Crippen LogP contribution is -2.18. The van der Waals surface area contributed by atoms with Gasteiger partial charge in [0.05, 0.1) is 35.5 Å². The Kier molecular flexibility index (Phi) is 53.6. The molecule has 760 valence electrons. The summed E-state index contributed by atoms with van der Waals surface area (Å²) in [6.45, 7) is 4.03. The second-order valence-electron chi connectivity index (χ2n) is 37.8. The Bertz CT molecular complexity index is 4990. The predicted molar refractivity (Wildman–Crippen MR) is 618 cm³/mol. The minimum atomic E-state index is 0.412. The molecule has 2 N–H and O–H groups in total. The highest BCUT2D eigenvalue weighted by Crippen LogP contribution is 2.38. The van der Waals surface area contributed by atoms with Crippen molar-refractivity contribution in [1.29, 1.82) is 0 Å². The predicted octanol–water partition coefficient (Wildman–Crippen LogP) is 37.5. The fourth-order valence-corrected chi connectivity index (χ4v) is 19.7. The zero-order valence-electron chi connectivity index (χ0n) is 86.2. The summed E-state index contributed by atoms with van der Waals surface area (Å²) in [5.74, 6) is 6.82. The molecule has 15 aromatic carbocycles. The van der Waals surface area contributed by atoms with Gasteiger partial charge in [-0.25, -0.2) is 0 Å². The van der Waals surface area contributed by atoms with Gasteiger partial charge in [0.15, 0.2) is 0 Å². The molecule has 145 heavy (non-hydrogen) atoms. The number of ether oxygens (including phenoxy) is 5. The van der Waals surface area contributed by atoms with E-state index in [-0.39, 0.29) is 0 Å². The Balaban J connectivity index is 0.000000173. The average molecular weight is 2040 g/mol. The van der Waals surface area contributed by atoms with Crippen molar-refractivity contribution in [2.24, 2.45) is 0 Å². The van der Waals surface area contributed by atoms with Crippen LogP contribution < -0.4 is 34.3 Å². The molecule has 0 fully saturated rings. The monoisotopic (exact) mass is 2030 g/mol. The molecule has 5 atom stereocenters. The molecule has 0 aliphatic heterocycles. The fraction of sp³-hybridized carbons (Fsp3) is 0.323. The van der Waals surface area contributed by atoms with Crippen molar-refractivity contribution in [3.8, 4) is 28.7 Å². The molecule has 0 aliphatic rings. The number of halogens is 5. The van der Waals surface area contributed by atoms with Crippen LogP contribution in [0.2, 0.25) is 25.1 Å². The number of benzene rings is 15. The Labute approximate surface area is 894 Å². The van der Waals surface area contributed by atoms with Crippen molar-refractivity contribution in [3.05, 3.63) is 503 Å². The van der Waals surface area contributed by atoms with Gasteiger partial charge in [-0.05, 0) is 321 Å². The SMILES string of the molecule is COc1ccc(CCCCCCCC(c2ccccc2)c2ccc(Cl)cc2)cc1.COc1ccc(CCCCCCCC(c2ccccc2)c2ccc(Cl)cc2)cc1.COc1ccc(CCCCCCCC(c2ccccc2)c2ccc(Cl)cc2)cc1.COc1ccc(CCCNCCCC(c2ccccc2)c2ccc(Cl)cc2)cc1.COc1ccc(CNCCCCCC(c2ccccc2)c2ccc(Cl)cc2)cc1. The maximum atomic E-state index is 6.09. The summed E-state index contributed by atoms with van der Waals surface area (Å²) in [5, 5.41) is 11.1. The van der Waals surface area contributed by atoms with Gasteiger partial charge < -0.3 is 34.3 Å². The molecule has 0 bridgehead atoms. The first-order valence-electron chi connectivity index (χ1n) is 52.9. The Morgan fingerprint density at radius 3 is 0.579 bits per heavy atom. The van der Waals surface area contributed by atoms with Gasteiger partial charge in [-0.2, -0.15) is 0 Å². The molecular formula is C133H153Cl5N2O5. The normalized spacial score (nSPS) is 11.9. The molecule has 0 saturated heterocycles.